The average molecular weight is 625 g/mol. The lowest BCUT2D eigenvalue weighted by molar-refractivity contribution is -0.384. The summed E-state index contributed by atoms with van der Waals surface area (Å²) in [5.74, 6) is -0.0509. The maximum absolute atomic E-state index is 12.4. The number of cyclic esters (lactones) is 1. The summed E-state index contributed by atoms with van der Waals surface area (Å²) in [6.45, 7) is 0.294. The number of nitrogens with zero attached hydrogens (tertiary/aromatic N) is 2. The SMILES string of the molecule is COc1cc(/C=C2\N=C(c3ccc(Cl)c([N+](=O)[O-])c3)OC2=O)cc(Cl)c1OCc1ccccc1I. The molecule has 0 unspecified atom stereocenters. The third-order valence-electron chi connectivity index (χ3n) is 4.90. The van der Waals surface area contributed by atoms with Crippen LogP contribution in [0.2, 0.25) is 10.0 Å². The largest absolute Gasteiger partial charge is 0.493 e. The molecule has 0 aromatic heterocycles. The van der Waals surface area contributed by atoms with Crippen LogP contribution in [0.5, 0.6) is 11.5 Å². The van der Waals surface area contributed by atoms with E-state index in [0.29, 0.717) is 23.7 Å². The molecule has 3 aromatic rings. The van der Waals surface area contributed by atoms with Crippen molar-refractivity contribution in [1.29, 1.82) is 0 Å². The predicted molar refractivity (Wildman–Crippen MR) is 140 cm³/mol. The van der Waals surface area contributed by atoms with E-state index < -0.39 is 10.9 Å². The fourth-order valence-corrected chi connectivity index (χ4v) is 4.21. The molecule has 1 aliphatic rings. The van der Waals surface area contributed by atoms with E-state index in [4.69, 9.17) is 37.4 Å². The first-order valence-corrected chi connectivity index (χ1v) is 11.8. The highest BCUT2D eigenvalue weighted by atomic mass is 127. The topological polar surface area (TPSA) is 100 Å². The maximum Gasteiger partial charge on any atom is 0.363 e. The van der Waals surface area contributed by atoms with E-state index in [1.54, 1.807) is 12.1 Å². The molecule has 178 valence electrons. The molecule has 4 rings (SSSR count). The number of nitro benzene ring substituents is 1. The molecule has 8 nitrogen and oxygen atoms in total. The summed E-state index contributed by atoms with van der Waals surface area (Å²) in [5.41, 5.74) is 1.43. The van der Waals surface area contributed by atoms with Gasteiger partial charge in [-0.2, -0.15) is 0 Å². The summed E-state index contributed by atoms with van der Waals surface area (Å²) in [5, 5.41) is 11.4. The van der Waals surface area contributed by atoms with Gasteiger partial charge in [0.1, 0.15) is 11.6 Å². The van der Waals surface area contributed by atoms with Gasteiger partial charge in [0.05, 0.1) is 17.1 Å². The number of carbonyl (C=O) groups excluding carboxylic acids is 1. The fourth-order valence-electron chi connectivity index (χ4n) is 3.20. The van der Waals surface area contributed by atoms with Gasteiger partial charge in [-0.1, -0.05) is 41.4 Å². The number of hydrogen-bond acceptors (Lipinski definition) is 7. The third-order valence-corrected chi connectivity index (χ3v) is 6.55. The molecule has 1 aliphatic heterocycles. The number of methoxy groups -OCH3 is 1. The molecule has 0 aliphatic carbocycles. The van der Waals surface area contributed by atoms with Gasteiger partial charge in [0.15, 0.2) is 17.2 Å². The van der Waals surface area contributed by atoms with E-state index in [-0.39, 0.29) is 32.9 Å². The molecule has 0 spiro atoms. The smallest absolute Gasteiger partial charge is 0.363 e. The number of esters is 1. The number of carbonyl (C=O) groups is 1. The molecule has 3 aromatic carbocycles. The van der Waals surface area contributed by atoms with Crippen LogP contribution in [0, 0.1) is 13.7 Å². The van der Waals surface area contributed by atoms with E-state index in [1.807, 2.05) is 24.3 Å². The van der Waals surface area contributed by atoms with E-state index in [1.165, 1.54) is 31.4 Å². The van der Waals surface area contributed by atoms with Crippen LogP contribution in [0.3, 0.4) is 0 Å². The Kier molecular flexibility index (Phi) is 7.58. The minimum atomic E-state index is -0.716. The lowest BCUT2D eigenvalue weighted by Gasteiger charge is -2.14. The lowest BCUT2D eigenvalue weighted by Crippen LogP contribution is -2.06. The summed E-state index contributed by atoms with van der Waals surface area (Å²) < 4.78 is 17.6. The fraction of sp³-hybridized carbons (Fsp3) is 0.0833. The van der Waals surface area contributed by atoms with Crippen molar-refractivity contribution < 1.29 is 23.9 Å². The van der Waals surface area contributed by atoms with Gasteiger partial charge < -0.3 is 14.2 Å². The monoisotopic (exact) mass is 624 g/mol. The second-order valence-electron chi connectivity index (χ2n) is 7.17. The van der Waals surface area contributed by atoms with Gasteiger partial charge in [-0.3, -0.25) is 10.1 Å². The van der Waals surface area contributed by atoms with Crippen molar-refractivity contribution in [2.45, 2.75) is 6.61 Å². The standard InChI is InChI=1S/C24H15Cl2IN2O6/c1-33-21-10-13(8-17(26)22(21)34-12-15-4-2-3-5-18(15)27)9-19-24(30)35-23(28-19)14-6-7-16(25)20(11-14)29(31)32/h2-11H,12H2,1H3/b19-9-. The second-order valence-corrected chi connectivity index (χ2v) is 9.15. The van der Waals surface area contributed by atoms with Crippen molar-refractivity contribution in [1.82, 2.24) is 0 Å². The van der Waals surface area contributed by atoms with Crippen LogP contribution >= 0.6 is 45.8 Å². The Hall–Kier alpha value is -3.15. The Morgan fingerprint density at radius 3 is 2.63 bits per heavy atom. The summed E-state index contributed by atoms with van der Waals surface area (Å²) in [4.78, 5) is 27.1. The van der Waals surface area contributed by atoms with Crippen LogP contribution in [0.25, 0.3) is 6.08 Å². The predicted octanol–water partition coefficient (Wildman–Crippen LogP) is 6.44. The summed E-state index contributed by atoms with van der Waals surface area (Å²) in [7, 11) is 1.48. The Morgan fingerprint density at radius 2 is 1.91 bits per heavy atom. The molecular weight excluding hydrogens is 610 g/mol. The number of halogens is 3. The van der Waals surface area contributed by atoms with Gasteiger partial charge in [-0.25, -0.2) is 9.79 Å². The Balaban J connectivity index is 1.61. The van der Waals surface area contributed by atoms with E-state index >= 15 is 0 Å². The Morgan fingerprint density at radius 1 is 1.14 bits per heavy atom. The molecule has 0 bridgehead atoms. The van der Waals surface area contributed by atoms with E-state index in [9.17, 15) is 14.9 Å². The molecule has 0 N–H and O–H groups in total. The highest BCUT2D eigenvalue weighted by Gasteiger charge is 2.26. The number of benzene rings is 3. The minimum Gasteiger partial charge on any atom is -0.493 e. The van der Waals surface area contributed by atoms with Crippen molar-refractivity contribution in [3.8, 4) is 11.5 Å². The van der Waals surface area contributed by atoms with Crippen molar-refractivity contribution in [2.75, 3.05) is 7.11 Å². The highest BCUT2D eigenvalue weighted by molar-refractivity contribution is 14.1. The molecule has 11 heteroatoms. The molecule has 0 atom stereocenters. The second kappa shape index (κ2) is 10.6. The number of rotatable bonds is 7. The van der Waals surface area contributed by atoms with Crippen LogP contribution in [0.4, 0.5) is 5.69 Å². The van der Waals surface area contributed by atoms with Crippen molar-refractivity contribution in [2.24, 2.45) is 4.99 Å². The third kappa shape index (κ3) is 5.58. The van der Waals surface area contributed by atoms with Crippen LogP contribution in [-0.2, 0) is 16.1 Å². The first kappa shape index (κ1) is 25.0. The van der Waals surface area contributed by atoms with Gasteiger partial charge in [-0.05, 0) is 64.6 Å². The van der Waals surface area contributed by atoms with Crippen LogP contribution in [0.15, 0.2) is 65.3 Å². The van der Waals surface area contributed by atoms with Crippen LogP contribution in [0.1, 0.15) is 16.7 Å². The first-order valence-electron chi connectivity index (χ1n) is 9.97. The number of hydrogen-bond donors (Lipinski definition) is 0. The average Bonchev–Trinajstić information content (AvgIpc) is 3.19. The number of ether oxygens (including phenoxy) is 3. The van der Waals surface area contributed by atoms with Gasteiger partial charge in [0, 0.05) is 20.8 Å². The molecule has 0 saturated carbocycles. The van der Waals surface area contributed by atoms with Gasteiger partial charge >= 0.3 is 5.97 Å². The first-order chi connectivity index (χ1) is 16.8. The van der Waals surface area contributed by atoms with Crippen LogP contribution < -0.4 is 9.47 Å². The zero-order valence-electron chi connectivity index (χ0n) is 18.0. The normalized spacial score (nSPS) is 14.0. The summed E-state index contributed by atoms with van der Waals surface area (Å²) in [6.07, 6.45) is 1.47. The van der Waals surface area contributed by atoms with E-state index in [0.717, 1.165) is 9.13 Å². The van der Waals surface area contributed by atoms with Gasteiger partial charge in [0.2, 0.25) is 5.90 Å². The van der Waals surface area contributed by atoms with Crippen LogP contribution in [-0.4, -0.2) is 23.9 Å². The summed E-state index contributed by atoms with van der Waals surface area (Å²) in [6, 6.07) is 15.1. The van der Waals surface area contributed by atoms with Crippen molar-refractivity contribution >= 4 is 69.4 Å². The minimum absolute atomic E-state index is 0.0109. The molecular formula is C24H15Cl2IN2O6. The van der Waals surface area contributed by atoms with E-state index in [2.05, 4.69) is 27.6 Å². The maximum atomic E-state index is 12.4. The zero-order valence-corrected chi connectivity index (χ0v) is 21.6. The molecule has 0 amide bonds. The lowest BCUT2D eigenvalue weighted by atomic mass is 10.1. The molecule has 35 heavy (non-hydrogen) atoms. The number of nitro groups is 1. The van der Waals surface area contributed by atoms with Gasteiger partial charge in [-0.15, -0.1) is 0 Å². The van der Waals surface area contributed by atoms with Gasteiger partial charge in [0.25, 0.3) is 5.69 Å². The Bertz CT molecular complexity index is 1410. The zero-order chi connectivity index (χ0) is 25.1. The van der Waals surface area contributed by atoms with Crippen molar-refractivity contribution in [3.05, 3.63) is 101 Å². The number of aliphatic imine (C=N–C) groups is 1. The van der Waals surface area contributed by atoms with Crippen molar-refractivity contribution in [3.63, 3.8) is 0 Å². The highest BCUT2D eigenvalue weighted by Crippen LogP contribution is 2.38. The Labute approximate surface area is 223 Å². The molecule has 0 saturated heterocycles. The summed E-state index contributed by atoms with van der Waals surface area (Å²) >= 11 is 14.5. The molecule has 1 heterocycles. The molecule has 0 fully saturated rings. The molecule has 0 radical (unpaired) electrons. The quantitative estimate of drug-likeness (QED) is 0.0986.